The van der Waals surface area contributed by atoms with E-state index >= 15 is 0 Å². The van der Waals surface area contributed by atoms with Gasteiger partial charge < -0.3 is 15.4 Å². The quantitative estimate of drug-likeness (QED) is 0.518. The summed E-state index contributed by atoms with van der Waals surface area (Å²) in [6.45, 7) is 2.21. The smallest absolute Gasteiger partial charge is 0.240 e. The molecule has 1 aliphatic rings. The molecule has 0 aromatic heterocycles. The zero-order chi connectivity index (χ0) is 23.8. The normalized spacial score (nSPS) is 18.4. The number of methoxy groups -OCH3 is 1. The number of rotatable bonds is 9. The zero-order valence-corrected chi connectivity index (χ0v) is 19.8. The van der Waals surface area contributed by atoms with Crippen LogP contribution in [0.4, 0.5) is 5.69 Å². The van der Waals surface area contributed by atoms with Crippen LogP contribution < -0.4 is 20.1 Å². The number of ether oxygens (including phenoxy) is 1. The van der Waals surface area contributed by atoms with Crippen molar-refractivity contribution in [1.29, 1.82) is 0 Å². The number of amides is 2. The summed E-state index contributed by atoms with van der Waals surface area (Å²) >= 11 is 0. The molecule has 0 radical (unpaired) electrons. The summed E-state index contributed by atoms with van der Waals surface area (Å²) in [5.74, 6) is 0.764. The first kappa shape index (κ1) is 24.7. The Morgan fingerprint density at radius 1 is 0.970 bits per heavy atom. The average Bonchev–Trinajstić information content (AvgIpc) is 2.82. The molecule has 2 amide bonds. The van der Waals surface area contributed by atoms with E-state index in [1.54, 1.807) is 19.2 Å². The van der Waals surface area contributed by atoms with Crippen molar-refractivity contribution in [1.82, 2.24) is 10.0 Å². The number of nitrogens with one attached hydrogen (secondary N) is 3. The Morgan fingerprint density at radius 3 is 2.18 bits per heavy atom. The molecular formula is C24H31N3O5S. The summed E-state index contributed by atoms with van der Waals surface area (Å²) in [7, 11) is -2.01. The molecule has 0 spiro atoms. The van der Waals surface area contributed by atoms with E-state index in [0.717, 1.165) is 37.0 Å². The summed E-state index contributed by atoms with van der Waals surface area (Å²) < 4.78 is 33.0. The second kappa shape index (κ2) is 11.3. The molecular weight excluding hydrogens is 442 g/mol. The van der Waals surface area contributed by atoms with Gasteiger partial charge in [0.1, 0.15) is 5.75 Å². The van der Waals surface area contributed by atoms with Crippen LogP contribution in [-0.4, -0.2) is 33.9 Å². The third kappa shape index (κ3) is 7.30. The highest BCUT2D eigenvalue weighted by Crippen LogP contribution is 2.29. The highest BCUT2D eigenvalue weighted by atomic mass is 32.2. The summed E-state index contributed by atoms with van der Waals surface area (Å²) in [5, 5.41) is 5.61. The maximum Gasteiger partial charge on any atom is 0.240 e. The predicted octanol–water partition coefficient (Wildman–Crippen LogP) is 3.05. The molecule has 9 heteroatoms. The van der Waals surface area contributed by atoms with Gasteiger partial charge in [-0.15, -0.1) is 0 Å². The fraction of sp³-hybridized carbons (Fsp3) is 0.417. The fourth-order valence-electron chi connectivity index (χ4n) is 3.94. The predicted molar refractivity (Wildman–Crippen MR) is 126 cm³/mol. The van der Waals surface area contributed by atoms with Crippen molar-refractivity contribution in [2.75, 3.05) is 19.0 Å². The van der Waals surface area contributed by atoms with Crippen molar-refractivity contribution in [3.8, 4) is 5.75 Å². The van der Waals surface area contributed by atoms with Crippen molar-refractivity contribution in [2.45, 2.75) is 44.0 Å². The van der Waals surface area contributed by atoms with Gasteiger partial charge in [-0.3, -0.25) is 9.59 Å². The van der Waals surface area contributed by atoms with Crippen LogP contribution in [0.25, 0.3) is 0 Å². The minimum Gasteiger partial charge on any atom is -0.497 e. The number of sulfonamides is 1. The largest absolute Gasteiger partial charge is 0.497 e. The van der Waals surface area contributed by atoms with Crippen molar-refractivity contribution in [3.05, 3.63) is 54.1 Å². The molecule has 3 N–H and O–H groups in total. The van der Waals surface area contributed by atoms with Crippen molar-refractivity contribution in [2.24, 2.45) is 11.8 Å². The average molecular weight is 474 g/mol. The van der Waals surface area contributed by atoms with Crippen LogP contribution in [0, 0.1) is 11.8 Å². The molecule has 178 valence electrons. The standard InChI is InChI=1S/C24H31N3O5S/c1-17(28)27-21-9-13-23(14-10-21)33(30,31)26-16-19-3-7-20(8-4-19)24(29)25-15-18-5-11-22(32-2)12-6-18/h5-6,9-14,19-20,26H,3-4,7-8,15-16H2,1-2H3,(H,25,29)(H,27,28). The second-order valence-corrected chi connectivity index (χ2v) is 10.1. The molecule has 1 fully saturated rings. The number of anilines is 1. The van der Waals surface area contributed by atoms with E-state index < -0.39 is 10.0 Å². The molecule has 0 saturated heterocycles. The Hall–Kier alpha value is -2.91. The van der Waals surface area contributed by atoms with E-state index in [2.05, 4.69) is 15.4 Å². The van der Waals surface area contributed by atoms with E-state index in [-0.39, 0.29) is 28.5 Å². The minimum absolute atomic E-state index is 0.0441. The van der Waals surface area contributed by atoms with Crippen LogP contribution in [0.3, 0.4) is 0 Å². The molecule has 0 aliphatic heterocycles. The Bertz CT molecular complexity index is 1040. The van der Waals surface area contributed by atoms with Crippen LogP contribution in [0.5, 0.6) is 5.75 Å². The summed E-state index contributed by atoms with van der Waals surface area (Å²) in [4.78, 5) is 23.8. The Balaban J connectivity index is 1.42. The minimum atomic E-state index is -3.63. The van der Waals surface area contributed by atoms with Gasteiger partial charge >= 0.3 is 0 Å². The third-order valence-electron chi connectivity index (χ3n) is 5.89. The SMILES string of the molecule is COc1ccc(CNC(=O)C2CCC(CNS(=O)(=O)c3ccc(NC(C)=O)cc3)CC2)cc1. The highest BCUT2D eigenvalue weighted by molar-refractivity contribution is 7.89. The Morgan fingerprint density at radius 2 is 1.61 bits per heavy atom. The third-order valence-corrected chi connectivity index (χ3v) is 7.33. The molecule has 1 aliphatic carbocycles. The first-order valence-electron chi connectivity index (χ1n) is 11.0. The maximum atomic E-state index is 12.6. The highest BCUT2D eigenvalue weighted by Gasteiger charge is 2.27. The van der Waals surface area contributed by atoms with E-state index in [9.17, 15) is 18.0 Å². The van der Waals surface area contributed by atoms with Gasteiger partial charge in [0, 0.05) is 31.6 Å². The Kier molecular flexibility index (Phi) is 8.46. The fourth-order valence-corrected chi connectivity index (χ4v) is 5.05. The first-order valence-corrected chi connectivity index (χ1v) is 12.5. The molecule has 0 atom stereocenters. The van der Waals surface area contributed by atoms with Crippen molar-refractivity contribution < 1.29 is 22.7 Å². The lowest BCUT2D eigenvalue weighted by molar-refractivity contribution is -0.126. The van der Waals surface area contributed by atoms with Crippen LogP contribution in [0.1, 0.15) is 38.2 Å². The Labute approximate surface area is 195 Å². The number of benzene rings is 2. The number of hydrogen-bond acceptors (Lipinski definition) is 5. The molecule has 0 bridgehead atoms. The van der Waals surface area contributed by atoms with Crippen LogP contribution in [-0.2, 0) is 26.2 Å². The second-order valence-electron chi connectivity index (χ2n) is 8.34. The van der Waals surface area contributed by atoms with Gasteiger partial charge in [0.2, 0.25) is 21.8 Å². The van der Waals surface area contributed by atoms with Gasteiger partial charge in [0.05, 0.1) is 12.0 Å². The summed E-state index contributed by atoms with van der Waals surface area (Å²) in [6.07, 6.45) is 3.08. The van der Waals surface area contributed by atoms with Gasteiger partial charge in [-0.05, 0) is 73.6 Å². The molecule has 8 nitrogen and oxygen atoms in total. The first-order chi connectivity index (χ1) is 15.8. The lowest BCUT2D eigenvalue weighted by Crippen LogP contribution is -2.36. The van der Waals surface area contributed by atoms with E-state index in [1.165, 1.54) is 19.1 Å². The molecule has 2 aromatic rings. The zero-order valence-electron chi connectivity index (χ0n) is 19.0. The lowest BCUT2D eigenvalue weighted by atomic mass is 9.81. The van der Waals surface area contributed by atoms with E-state index in [0.29, 0.717) is 18.8 Å². The van der Waals surface area contributed by atoms with Gasteiger partial charge in [-0.2, -0.15) is 0 Å². The molecule has 3 rings (SSSR count). The number of hydrogen-bond donors (Lipinski definition) is 3. The number of carbonyl (C=O) groups excluding carboxylic acids is 2. The van der Waals surface area contributed by atoms with E-state index in [4.69, 9.17) is 4.74 Å². The van der Waals surface area contributed by atoms with Gasteiger partial charge in [0.15, 0.2) is 0 Å². The monoisotopic (exact) mass is 473 g/mol. The van der Waals surface area contributed by atoms with Crippen LogP contribution in [0.2, 0.25) is 0 Å². The molecule has 33 heavy (non-hydrogen) atoms. The summed E-state index contributed by atoms with van der Waals surface area (Å²) in [6, 6.07) is 13.6. The van der Waals surface area contributed by atoms with E-state index in [1.807, 2.05) is 24.3 Å². The molecule has 0 unspecified atom stereocenters. The topological polar surface area (TPSA) is 114 Å². The molecule has 1 saturated carbocycles. The molecule has 2 aromatic carbocycles. The molecule has 0 heterocycles. The number of carbonyl (C=O) groups is 2. The van der Waals surface area contributed by atoms with Gasteiger partial charge in [-0.25, -0.2) is 13.1 Å². The van der Waals surface area contributed by atoms with Crippen LogP contribution in [0.15, 0.2) is 53.4 Å². The van der Waals surface area contributed by atoms with Gasteiger partial charge in [-0.1, -0.05) is 12.1 Å². The van der Waals surface area contributed by atoms with Crippen molar-refractivity contribution >= 4 is 27.5 Å². The maximum absolute atomic E-state index is 12.6. The van der Waals surface area contributed by atoms with Gasteiger partial charge in [0.25, 0.3) is 0 Å². The summed E-state index contributed by atoms with van der Waals surface area (Å²) in [5.41, 5.74) is 1.56. The lowest BCUT2D eigenvalue weighted by Gasteiger charge is -2.28. The van der Waals surface area contributed by atoms with Crippen molar-refractivity contribution in [3.63, 3.8) is 0 Å². The van der Waals surface area contributed by atoms with Crippen LogP contribution >= 0.6 is 0 Å².